The molecule has 0 nitrogen and oxygen atoms in total. The highest BCUT2D eigenvalue weighted by Crippen LogP contribution is 2.31. The molecule has 0 heterocycles. The Morgan fingerprint density at radius 1 is 1.06 bits per heavy atom. The third-order valence-electron chi connectivity index (χ3n) is 2.67. The Morgan fingerprint density at radius 2 is 1.71 bits per heavy atom. The van der Waals surface area contributed by atoms with E-state index in [4.69, 9.17) is 23.2 Å². The molecule has 17 heavy (non-hydrogen) atoms. The molecule has 3 heteroatoms. The number of halogens is 3. The van der Waals surface area contributed by atoms with Gasteiger partial charge in [-0.2, -0.15) is 0 Å². The number of rotatable bonds is 2. The lowest BCUT2D eigenvalue weighted by Crippen LogP contribution is -1.96. The Hall–Kier alpha value is -1.05. The number of alkyl halides is 1. The molecule has 0 saturated heterocycles. The molecule has 0 aliphatic rings. The summed E-state index contributed by atoms with van der Waals surface area (Å²) in [5.41, 5.74) is 2.71. The smallest absolute Gasteiger partial charge is 0.123 e. The molecule has 0 aliphatic carbocycles. The molecule has 1 atom stereocenters. The first kappa shape index (κ1) is 12.4. The molecule has 0 radical (unpaired) electrons. The summed E-state index contributed by atoms with van der Waals surface area (Å²) in [4.78, 5) is 0. The zero-order valence-corrected chi connectivity index (χ0v) is 10.8. The summed E-state index contributed by atoms with van der Waals surface area (Å²) in [5, 5.41) is 0.390. The summed E-state index contributed by atoms with van der Waals surface area (Å²) in [6.07, 6.45) is 0. The van der Waals surface area contributed by atoms with Gasteiger partial charge in [0.1, 0.15) is 5.82 Å². The van der Waals surface area contributed by atoms with E-state index in [1.807, 2.05) is 19.1 Å². The summed E-state index contributed by atoms with van der Waals surface area (Å²) < 4.78 is 13.0. The van der Waals surface area contributed by atoms with Gasteiger partial charge in [-0.15, -0.1) is 11.6 Å². The predicted molar refractivity (Wildman–Crippen MR) is 70.3 cm³/mol. The van der Waals surface area contributed by atoms with Gasteiger partial charge in [0.05, 0.1) is 5.38 Å². The summed E-state index contributed by atoms with van der Waals surface area (Å²) in [5.74, 6) is -0.244. The van der Waals surface area contributed by atoms with Crippen molar-refractivity contribution < 1.29 is 4.39 Å². The number of hydrogen-bond donors (Lipinski definition) is 0. The second-order valence-electron chi connectivity index (χ2n) is 3.92. The molecule has 0 aromatic heterocycles. The van der Waals surface area contributed by atoms with Crippen molar-refractivity contribution in [3.8, 4) is 0 Å². The minimum absolute atomic E-state index is 0.244. The van der Waals surface area contributed by atoms with Crippen molar-refractivity contribution in [2.45, 2.75) is 12.3 Å². The fourth-order valence-corrected chi connectivity index (χ4v) is 2.25. The number of benzene rings is 2. The van der Waals surface area contributed by atoms with E-state index in [9.17, 15) is 4.39 Å². The van der Waals surface area contributed by atoms with Crippen molar-refractivity contribution in [1.29, 1.82) is 0 Å². The van der Waals surface area contributed by atoms with Crippen LogP contribution in [0.15, 0.2) is 42.5 Å². The van der Waals surface area contributed by atoms with E-state index < -0.39 is 0 Å². The quantitative estimate of drug-likeness (QED) is 0.664. The van der Waals surface area contributed by atoms with E-state index in [1.165, 1.54) is 12.1 Å². The molecular formula is C14H11Cl2F. The van der Waals surface area contributed by atoms with Gasteiger partial charge in [0.15, 0.2) is 0 Å². The van der Waals surface area contributed by atoms with Gasteiger partial charge in [0.25, 0.3) is 0 Å². The molecule has 2 rings (SSSR count). The summed E-state index contributed by atoms with van der Waals surface area (Å²) in [6, 6.07) is 12.0. The van der Waals surface area contributed by atoms with Crippen molar-refractivity contribution in [3.05, 3.63) is 70.0 Å². The molecule has 0 spiro atoms. The zero-order valence-electron chi connectivity index (χ0n) is 9.25. The van der Waals surface area contributed by atoms with Crippen molar-refractivity contribution in [3.63, 3.8) is 0 Å². The van der Waals surface area contributed by atoms with Crippen LogP contribution in [-0.4, -0.2) is 0 Å². The fourth-order valence-electron chi connectivity index (χ4n) is 1.73. The van der Waals surface area contributed by atoms with Gasteiger partial charge in [-0.1, -0.05) is 29.8 Å². The first-order chi connectivity index (χ1) is 8.08. The Balaban J connectivity index is 2.36. The lowest BCUT2D eigenvalue weighted by atomic mass is 10.00. The molecule has 0 N–H and O–H groups in total. The average molecular weight is 269 g/mol. The number of hydrogen-bond acceptors (Lipinski definition) is 0. The fraction of sp³-hybridized carbons (Fsp3) is 0.143. The topological polar surface area (TPSA) is 0 Å². The summed E-state index contributed by atoms with van der Waals surface area (Å²) in [6.45, 7) is 1.85. The second-order valence-corrected chi connectivity index (χ2v) is 4.79. The van der Waals surface area contributed by atoms with E-state index in [-0.39, 0.29) is 11.2 Å². The highest BCUT2D eigenvalue weighted by Gasteiger charge is 2.13. The van der Waals surface area contributed by atoms with Crippen molar-refractivity contribution in [2.75, 3.05) is 0 Å². The molecule has 2 aromatic rings. The van der Waals surface area contributed by atoms with Crippen LogP contribution in [0.25, 0.3) is 0 Å². The van der Waals surface area contributed by atoms with Crippen LogP contribution in [0.4, 0.5) is 4.39 Å². The third kappa shape index (κ3) is 2.80. The van der Waals surface area contributed by atoms with Crippen LogP contribution in [0.2, 0.25) is 5.02 Å². The number of aryl methyl sites for hydroxylation is 1. The average Bonchev–Trinajstić information content (AvgIpc) is 2.29. The molecule has 1 unspecified atom stereocenters. The minimum Gasteiger partial charge on any atom is -0.207 e. The molecule has 0 amide bonds. The standard InChI is InChI=1S/C14H11Cl2F/c1-9-8-12(17)6-7-13(9)14(16)10-2-4-11(15)5-3-10/h2-8,14H,1H3. The largest absolute Gasteiger partial charge is 0.207 e. The molecule has 0 fully saturated rings. The van der Waals surface area contributed by atoms with Crippen molar-refractivity contribution in [1.82, 2.24) is 0 Å². The SMILES string of the molecule is Cc1cc(F)ccc1C(Cl)c1ccc(Cl)cc1. The van der Waals surface area contributed by atoms with Crippen LogP contribution >= 0.6 is 23.2 Å². The predicted octanol–water partition coefficient (Wildman–Crippen LogP) is 5.12. The van der Waals surface area contributed by atoms with E-state index in [1.54, 1.807) is 18.2 Å². The van der Waals surface area contributed by atoms with Gasteiger partial charge in [0.2, 0.25) is 0 Å². The second kappa shape index (κ2) is 5.07. The Bertz CT molecular complexity index is 520. The van der Waals surface area contributed by atoms with E-state index in [0.29, 0.717) is 5.02 Å². The van der Waals surface area contributed by atoms with Crippen LogP contribution in [0.3, 0.4) is 0 Å². The highest BCUT2D eigenvalue weighted by atomic mass is 35.5. The third-order valence-corrected chi connectivity index (χ3v) is 3.41. The monoisotopic (exact) mass is 268 g/mol. The maximum atomic E-state index is 13.0. The molecule has 0 saturated carbocycles. The molecule has 88 valence electrons. The highest BCUT2D eigenvalue weighted by molar-refractivity contribution is 6.30. The van der Waals surface area contributed by atoms with E-state index in [0.717, 1.165) is 16.7 Å². The Morgan fingerprint density at radius 3 is 2.29 bits per heavy atom. The maximum absolute atomic E-state index is 13.0. The van der Waals surface area contributed by atoms with Gasteiger partial charge >= 0.3 is 0 Å². The van der Waals surface area contributed by atoms with Gasteiger partial charge in [-0.3, -0.25) is 0 Å². The van der Waals surface area contributed by atoms with Gasteiger partial charge in [0, 0.05) is 5.02 Å². The molecule has 2 aromatic carbocycles. The van der Waals surface area contributed by atoms with Crippen LogP contribution in [-0.2, 0) is 0 Å². The lowest BCUT2D eigenvalue weighted by Gasteiger charge is -2.13. The summed E-state index contributed by atoms with van der Waals surface area (Å²) >= 11 is 12.2. The lowest BCUT2D eigenvalue weighted by molar-refractivity contribution is 0.625. The Labute approximate surface area is 110 Å². The van der Waals surface area contributed by atoms with Gasteiger partial charge in [-0.25, -0.2) is 4.39 Å². The maximum Gasteiger partial charge on any atom is 0.123 e. The van der Waals surface area contributed by atoms with Crippen LogP contribution < -0.4 is 0 Å². The summed E-state index contributed by atoms with van der Waals surface area (Å²) in [7, 11) is 0. The van der Waals surface area contributed by atoms with E-state index >= 15 is 0 Å². The van der Waals surface area contributed by atoms with E-state index in [2.05, 4.69) is 0 Å². The van der Waals surface area contributed by atoms with Gasteiger partial charge in [-0.05, 0) is 47.9 Å². The first-order valence-corrected chi connectivity index (χ1v) is 6.05. The first-order valence-electron chi connectivity index (χ1n) is 5.23. The van der Waals surface area contributed by atoms with Crippen molar-refractivity contribution >= 4 is 23.2 Å². The zero-order chi connectivity index (χ0) is 12.4. The molecular weight excluding hydrogens is 258 g/mol. The van der Waals surface area contributed by atoms with Crippen molar-refractivity contribution in [2.24, 2.45) is 0 Å². The van der Waals surface area contributed by atoms with Crippen LogP contribution in [0.5, 0.6) is 0 Å². The van der Waals surface area contributed by atoms with Crippen LogP contribution in [0.1, 0.15) is 22.1 Å². The molecule has 0 bridgehead atoms. The minimum atomic E-state index is -0.284. The Kier molecular flexibility index (Phi) is 3.70. The van der Waals surface area contributed by atoms with Gasteiger partial charge < -0.3 is 0 Å². The normalized spacial score (nSPS) is 12.5. The van der Waals surface area contributed by atoms with Crippen LogP contribution in [0, 0.1) is 12.7 Å². The molecule has 0 aliphatic heterocycles.